The number of ether oxygens (including phenoxy) is 6. The molecule has 0 radical (unpaired) electrons. The van der Waals surface area contributed by atoms with Gasteiger partial charge in [-0.25, -0.2) is 17.5 Å². The third-order valence-corrected chi connectivity index (χ3v) is 21.5. The zero-order chi connectivity index (χ0) is 86.5. The molecular weight excluding hydrogens is 2110 g/mol. The Morgan fingerprint density at radius 3 is 1.18 bits per heavy atom. The molecule has 7 aromatic carbocycles. The van der Waals surface area contributed by atoms with Crippen molar-refractivity contribution in [3.63, 3.8) is 0 Å². The van der Waals surface area contributed by atoms with Crippen molar-refractivity contribution in [2.45, 2.75) is 138 Å². The van der Waals surface area contributed by atoms with Crippen molar-refractivity contribution in [3.8, 4) is 62.5 Å². The molecule has 638 valence electrons. The Balaban J connectivity index is 0.000000718. The van der Waals surface area contributed by atoms with Crippen LogP contribution in [0, 0.1) is 7.14 Å². The average molecular weight is 2210 g/mol. The Bertz CT molecular complexity index is 4170. The fourth-order valence-corrected chi connectivity index (χ4v) is 14.9. The van der Waals surface area contributed by atoms with Gasteiger partial charge in [0.05, 0.1) is 84.0 Å². The van der Waals surface area contributed by atoms with E-state index in [-0.39, 0.29) is 72.2 Å². The number of alkyl halides is 6. The van der Waals surface area contributed by atoms with Gasteiger partial charge in [-0.2, -0.15) is 0 Å². The predicted molar refractivity (Wildman–Crippen MR) is 510 cm³/mol. The third kappa shape index (κ3) is 43.2. The van der Waals surface area contributed by atoms with E-state index in [4.69, 9.17) is 194 Å². The fourth-order valence-electron chi connectivity index (χ4n) is 8.48. The Morgan fingerprint density at radius 1 is 0.504 bits per heavy atom. The second kappa shape index (κ2) is 55.4. The van der Waals surface area contributed by atoms with E-state index in [0.717, 1.165) is 71.8 Å². The van der Waals surface area contributed by atoms with E-state index in [9.17, 15) is 28.2 Å². The number of halogens is 16. The smallest absolute Gasteiger partial charge is 0.494 e. The SMILES string of the molecule is C.C=C(CCl)CCC(=O)OC(C)(C)C.C=C(COc1ccc(-c2cc(Cl)c(OCCCCl)c(Cl)c2)cc1)CN(C(=O)OC(C)(C)C)S(C)(=O)=O.CC1(C)OB(c2ccc(O)cc2)OC1(C)C.ClCCCI.ClCCCOc1c(Cl)cc(I)cc1Cl.Oc1c(Cl)cc(I)cc1Cl.Oc1ccc(-c2cc(Cl)c(OCCCCl)c(Cl)c2)cc1. The van der Waals surface area contributed by atoms with E-state index in [1.165, 1.54) is 4.43 Å². The van der Waals surface area contributed by atoms with Crippen LogP contribution in [-0.4, -0.2) is 143 Å². The number of sulfonamides is 1. The number of amides is 1. The van der Waals surface area contributed by atoms with Crippen LogP contribution in [0.3, 0.4) is 0 Å². The first-order valence-corrected chi connectivity index (χ1v) is 46.0. The number of carbonyl (C=O) groups excluding carboxylic acids is 2. The maximum absolute atomic E-state index is 12.3. The number of allylic oxidation sites excluding steroid dienone is 1. The first-order chi connectivity index (χ1) is 53.2. The van der Waals surface area contributed by atoms with E-state index in [1.54, 1.807) is 106 Å². The lowest BCUT2D eigenvalue weighted by molar-refractivity contribution is -0.154. The molecule has 16 nitrogen and oxygen atoms in total. The highest BCUT2D eigenvalue weighted by atomic mass is 127. The minimum absolute atomic E-state index is 0. The Labute approximate surface area is 785 Å². The maximum Gasteiger partial charge on any atom is 0.494 e. The van der Waals surface area contributed by atoms with Gasteiger partial charge in [0, 0.05) is 47.4 Å². The zero-order valence-electron chi connectivity index (χ0n) is 64.7. The van der Waals surface area contributed by atoms with Crippen molar-refractivity contribution in [1.29, 1.82) is 0 Å². The van der Waals surface area contributed by atoms with E-state index in [1.807, 2.05) is 84.9 Å². The lowest BCUT2D eigenvalue weighted by atomic mass is 9.79. The molecule has 7 aromatic rings. The number of rotatable bonds is 27. The summed E-state index contributed by atoms with van der Waals surface area (Å²) < 4.78 is 72.2. The number of esters is 1. The summed E-state index contributed by atoms with van der Waals surface area (Å²) in [5.41, 5.74) is 3.71. The molecule has 1 aliphatic rings. The van der Waals surface area contributed by atoms with Crippen LogP contribution in [0.2, 0.25) is 40.2 Å². The quantitative estimate of drug-likeness (QED) is 0.0109. The van der Waals surface area contributed by atoms with E-state index < -0.39 is 27.3 Å². The molecule has 0 aliphatic carbocycles. The Hall–Kier alpha value is -2.75. The second-order valence-corrected chi connectivity index (χ2v) is 37.9. The number of phenolic OH excluding ortho intramolecular Hbond substituents is 3. The number of hydrogen-bond donors (Lipinski definition) is 3. The normalized spacial score (nSPS) is 12.3. The summed E-state index contributed by atoms with van der Waals surface area (Å²) in [5.74, 6) is 4.97. The van der Waals surface area contributed by atoms with Gasteiger partial charge in [-0.3, -0.25) is 4.79 Å². The van der Waals surface area contributed by atoms with Crippen LogP contribution in [0.1, 0.15) is 115 Å². The summed E-state index contributed by atoms with van der Waals surface area (Å²) in [4.78, 5) is 23.5. The molecule has 0 atom stereocenters. The molecular formula is C81H98BCl13I3NO15S. The Morgan fingerprint density at radius 2 is 0.852 bits per heavy atom. The van der Waals surface area contributed by atoms with Crippen molar-refractivity contribution in [3.05, 3.63) is 193 Å². The number of hydrogen-bond acceptors (Lipinski definition) is 15. The molecule has 115 heavy (non-hydrogen) atoms. The lowest BCUT2D eigenvalue weighted by Crippen LogP contribution is -2.41. The molecule has 8 rings (SSSR count). The minimum atomic E-state index is -3.86. The van der Waals surface area contributed by atoms with E-state index in [2.05, 4.69) is 80.9 Å². The maximum atomic E-state index is 12.3. The van der Waals surface area contributed by atoms with Crippen LogP contribution in [-0.2, 0) is 33.6 Å². The average Bonchev–Trinajstić information content (AvgIpc) is 1.64. The topological polar surface area (TPSA) is 206 Å². The molecule has 1 amide bonds. The summed E-state index contributed by atoms with van der Waals surface area (Å²) in [6.45, 7) is 27.3. The number of phenols is 3. The van der Waals surface area contributed by atoms with Gasteiger partial charge in [0.25, 0.3) is 0 Å². The van der Waals surface area contributed by atoms with Gasteiger partial charge in [-0.05, 0) is 265 Å². The van der Waals surface area contributed by atoms with Crippen LogP contribution >= 0.6 is 219 Å². The second-order valence-electron chi connectivity index (χ2n) is 27.4. The highest BCUT2D eigenvalue weighted by Crippen LogP contribution is 2.42. The molecule has 1 heterocycles. The van der Waals surface area contributed by atoms with Crippen LogP contribution in [0.5, 0.6) is 40.2 Å². The summed E-state index contributed by atoms with van der Waals surface area (Å²) in [5, 5.41) is 30.9. The zero-order valence-corrected chi connectivity index (χ0v) is 81.8. The molecule has 1 aliphatic heterocycles. The number of aromatic hydroxyl groups is 3. The van der Waals surface area contributed by atoms with Gasteiger partial charge in [0.2, 0.25) is 10.0 Å². The third-order valence-electron chi connectivity index (χ3n) is 14.7. The van der Waals surface area contributed by atoms with Crippen LogP contribution in [0.15, 0.2) is 146 Å². The molecule has 0 saturated carbocycles. The molecule has 34 heteroatoms. The minimum Gasteiger partial charge on any atom is -0.508 e. The largest absolute Gasteiger partial charge is 0.508 e. The van der Waals surface area contributed by atoms with E-state index in [0.29, 0.717) is 126 Å². The van der Waals surface area contributed by atoms with Gasteiger partial charge in [-0.1, -0.05) is 178 Å². The van der Waals surface area contributed by atoms with Crippen molar-refractivity contribution in [1.82, 2.24) is 4.31 Å². The van der Waals surface area contributed by atoms with Gasteiger partial charge >= 0.3 is 19.2 Å². The first-order valence-electron chi connectivity index (χ1n) is 34.8. The number of benzene rings is 7. The van der Waals surface area contributed by atoms with Crippen LogP contribution in [0.4, 0.5) is 4.79 Å². The lowest BCUT2D eigenvalue weighted by Gasteiger charge is -2.32. The molecule has 0 spiro atoms. The number of nitrogens with zero attached hydrogens (tertiary/aromatic N) is 1. The van der Waals surface area contributed by atoms with Crippen molar-refractivity contribution in [2.75, 3.05) is 73.1 Å². The summed E-state index contributed by atoms with van der Waals surface area (Å²) in [6, 6.07) is 34.9. The van der Waals surface area contributed by atoms with E-state index >= 15 is 0 Å². The molecule has 3 N–H and O–H groups in total. The monoisotopic (exact) mass is 2200 g/mol. The first kappa shape index (κ1) is 110. The molecule has 0 aromatic heterocycles. The fraction of sp³-hybridized carbons (Fsp3) is 0.407. The van der Waals surface area contributed by atoms with Gasteiger partial charge in [0.15, 0.2) is 23.0 Å². The highest BCUT2D eigenvalue weighted by Gasteiger charge is 2.51. The van der Waals surface area contributed by atoms with Gasteiger partial charge in [0.1, 0.15) is 35.1 Å². The highest BCUT2D eigenvalue weighted by molar-refractivity contribution is 14.1. The summed E-state index contributed by atoms with van der Waals surface area (Å²) in [7, 11) is -4.22. The van der Waals surface area contributed by atoms with Crippen molar-refractivity contribution < 1.29 is 71.1 Å². The van der Waals surface area contributed by atoms with Crippen molar-refractivity contribution >= 4 is 253 Å². The van der Waals surface area contributed by atoms with Crippen LogP contribution in [0.25, 0.3) is 22.3 Å². The summed E-state index contributed by atoms with van der Waals surface area (Å²) in [6.07, 6.45) is 4.26. The molecule has 1 saturated heterocycles. The predicted octanol–water partition coefficient (Wildman–Crippen LogP) is 27.4. The molecule has 0 unspecified atom stereocenters. The van der Waals surface area contributed by atoms with Gasteiger partial charge in [-0.15, -0.1) is 58.0 Å². The Kier molecular flexibility index (Phi) is 53.1. The molecule has 0 bridgehead atoms. The van der Waals surface area contributed by atoms with Gasteiger partial charge < -0.3 is 53.0 Å². The summed E-state index contributed by atoms with van der Waals surface area (Å²) >= 11 is 82.3. The molecule has 1 fully saturated rings. The van der Waals surface area contributed by atoms with Crippen molar-refractivity contribution in [2.24, 2.45) is 0 Å². The number of carbonyl (C=O) groups is 2. The standard InChI is InChI=1S/C25H30Cl3NO6S.C15H13Cl3O2.C12H17BO3.C10H17ClO2.C9H8Cl3IO.C6H3Cl2IO.C3H6ClI.CH4/c1-17(15-29(36(5,31)32)24(30)35-25(2,3)4)16-34-20-9-7-18(8-10-20)19-13-21(27)23(22(28)14-19)33-12-6-11-26;16-6-1-7-20-15-13(17)8-11(9-14(15)18)10-2-4-12(19)5-3-10;1-11(2)12(3,4)16-13(15-11)9-5-7-10(14)8-6-9;1-8(7-11)5-6-9(12)13-10(2,3)4;10-2-1-3-14-9-7(11)4-6(13)5-8(9)12;7-4-1-3(9)2-5(8)6(4)10;4-2-1-3-5;/h7-10,13-14H,1,6,11-12,15-16H2,2-5H3;2-5,8-9,19H,1,6-7H2;5-8,14H,1-4H3;1,5-7H2,2-4H3;4-5H,1-3H2;1-2,10H;1-3H2;1H4. The van der Waals surface area contributed by atoms with Crippen LogP contribution < -0.4 is 24.4 Å².